The minimum Gasteiger partial charge on any atom is -0.390 e. The zero-order valence-electron chi connectivity index (χ0n) is 5.13. The van der Waals surface area contributed by atoms with Gasteiger partial charge in [-0.25, -0.2) is 0 Å². The number of alkyl halides is 1. The molecule has 0 amide bonds. The second-order valence-electron chi connectivity index (χ2n) is 2.50. The monoisotopic (exact) mass is 194 g/mol. The lowest BCUT2D eigenvalue weighted by Crippen LogP contribution is -2.37. The summed E-state index contributed by atoms with van der Waals surface area (Å²) in [6, 6.07) is 0. The number of aliphatic hydroxyl groups is 2. The summed E-state index contributed by atoms with van der Waals surface area (Å²) < 4.78 is 0. The van der Waals surface area contributed by atoms with Gasteiger partial charge in [-0.1, -0.05) is 15.9 Å². The van der Waals surface area contributed by atoms with E-state index in [1.54, 1.807) is 0 Å². The van der Waals surface area contributed by atoms with Crippen LogP contribution in [-0.2, 0) is 0 Å². The van der Waals surface area contributed by atoms with E-state index in [0.29, 0.717) is 0 Å². The van der Waals surface area contributed by atoms with Crippen LogP contribution in [0.4, 0.5) is 0 Å². The smallest absolute Gasteiger partial charge is 0.0923 e. The van der Waals surface area contributed by atoms with Crippen LogP contribution in [0.2, 0.25) is 0 Å². The molecule has 0 aromatic carbocycles. The molecule has 2 nitrogen and oxygen atoms in total. The Morgan fingerprint density at radius 1 is 1.22 bits per heavy atom. The van der Waals surface area contributed by atoms with Gasteiger partial charge in [0.25, 0.3) is 0 Å². The lowest BCUT2D eigenvalue weighted by atomic mass is 9.95. The summed E-state index contributed by atoms with van der Waals surface area (Å²) in [5.41, 5.74) is 0. The molecule has 1 unspecified atom stereocenters. The first-order chi connectivity index (χ1) is 4.22. The Balaban J connectivity index is 2.41. The van der Waals surface area contributed by atoms with Gasteiger partial charge in [0.2, 0.25) is 0 Å². The zero-order valence-corrected chi connectivity index (χ0v) is 6.71. The number of hydrogen-bond donors (Lipinski definition) is 2. The van der Waals surface area contributed by atoms with E-state index < -0.39 is 12.2 Å². The molecule has 0 spiro atoms. The van der Waals surface area contributed by atoms with Crippen LogP contribution < -0.4 is 0 Å². The van der Waals surface area contributed by atoms with Gasteiger partial charge in [-0.05, 0) is 19.3 Å². The van der Waals surface area contributed by atoms with E-state index in [2.05, 4.69) is 15.9 Å². The Morgan fingerprint density at radius 2 is 1.89 bits per heavy atom. The summed E-state index contributed by atoms with van der Waals surface area (Å²) >= 11 is 3.28. The molecule has 1 fully saturated rings. The van der Waals surface area contributed by atoms with Crippen molar-refractivity contribution in [3.63, 3.8) is 0 Å². The first-order valence-electron chi connectivity index (χ1n) is 3.22. The Morgan fingerprint density at radius 3 is 2.33 bits per heavy atom. The number of hydrogen-bond acceptors (Lipinski definition) is 2. The molecule has 0 saturated heterocycles. The van der Waals surface area contributed by atoms with E-state index in [1.807, 2.05) is 0 Å². The van der Waals surface area contributed by atoms with Crippen LogP contribution in [0.5, 0.6) is 0 Å². The Labute approximate surface area is 63.0 Å². The molecular formula is C6H11BrO2. The third-order valence-electron chi connectivity index (χ3n) is 1.74. The number of halogens is 1. The maximum atomic E-state index is 9.15. The highest BCUT2D eigenvalue weighted by Crippen LogP contribution is 2.24. The maximum absolute atomic E-state index is 9.15. The van der Waals surface area contributed by atoms with Crippen LogP contribution in [0.15, 0.2) is 0 Å². The Kier molecular flexibility index (Phi) is 2.50. The Bertz CT molecular complexity index is 87.1. The fraction of sp³-hybridized carbons (Fsp3) is 1.00. The van der Waals surface area contributed by atoms with Gasteiger partial charge in [0.05, 0.1) is 12.2 Å². The molecule has 0 aromatic rings. The standard InChI is InChI=1S/C6H11BrO2/c7-4-2-1-3-5(8)6(4)9/h4-6,8-9H,1-3H2/t4?,5-,6+/m1/s1. The molecule has 1 aliphatic carbocycles. The molecule has 54 valence electrons. The molecule has 0 aliphatic heterocycles. The molecule has 1 rings (SSSR count). The molecule has 1 aliphatic rings. The molecular weight excluding hydrogens is 184 g/mol. The van der Waals surface area contributed by atoms with Gasteiger partial charge in [0, 0.05) is 4.83 Å². The van der Waals surface area contributed by atoms with Gasteiger partial charge >= 0.3 is 0 Å². The zero-order chi connectivity index (χ0) is 6.85. The SMILES string of the molecule is O[C@@H]1CCCC(Br)[C@@H]1O. The third-order valence-corrected chi connectivity index (χ3v) is 2.74. The molecule has 9 heavy (non-hydrogen) atoms. The largest absolute Gasteiger partial charge is 0.390 e. The lowest BCUT2D eigenvalue weighted by Gasteiger charge is -2.27. The first kappa shape index (κ1) is 7.51. The summed E-state index contributed by atoms with van der Waals surface area (Å²) in [7, 11) is 0. The van der Waals surface area contributed by atoms with Crippen LogP contribution in [0.25, 0.3) is 0 Å². The van der Waals surface area contributed by atoms with Crippen LogP contribution >= 0.6 is 15.9 Å². The second-order valence-corrected chi connectivity index (χ2v) is 3.68. The highest BCUT2D eigenvalue weighted by atomic mass is 79.9. The van der Waals surface area contributed by atoms with Crippen molar-refractivity contribution < 1.29 is 10.2 Å². The summed E-state index contributed by atoms with van der Waals surface area (Å²) in [6.45, 7) is 0. The van der Waals surface area contributed by atoms with E-state index in [4.69, 9.17) is 10.2 Å². The van der Waals surface area contributed by atoms with Gasteiger partial charge in [-0.2, -0.15) is 0 Å². The molecule has 0 aromatic heterocycles. The molecule has 0 heterocycles. The molecule has 2 N–H and O–H groups in total. The van der Waals surface area contributed by atoms with Gasteiger partial charge in [0.1, 0.15) is 0 Å². The van der Waals surface area contributed by atoms with Crippen LogP contribution in [-0.4, -0.2) is 27.2 Å². The second kappa shape index (κ2) is 2.99. The minimum absolute atomic E-state index is 0.0984. The minimum atomic E-state index is -0.557. The van der Waals surface area contributed by atoms with Crippen LogP contribution in [0.1, 0.15) is 19.3 Å². The average Bonchev–Trinajstić information content (AvgIpc) is 1.83. The van der Waals surface area contributed by atoms with Crippen molar-refractivity contribution >= 4 is 15.9 Å². The highest BCUT2D eigenvalue weighted by molar-refractivity contribution is 9.09. The summed E-state index contributed by atoms with van der Waals surface area (Å²) in [5, 5.41) is 18.2. The normalized spacial score (nSPS) is 45.0. The molecule has 0 radical (unpaired) electrons. The predicted molar refractivity (Wildman–Crippen MR) is 38.6 cm³/mol. The summed E-state index contributed by atoms with van der Waals surface area (Å²) in [4.78, 5) is 0.0984. The van der Waals surface area contributed by atoms with Gasteiger partial charge < -0.3 is 10.2 Å². The van der Waals surface area contributed by atoms with E-state index in [-0.39, 0.29) is 4.83 Å². The van der Waals surface area contributed by atoms with Crippen molar-refractivity contribution in [2.24, 2.45) is 0 Å². The fourth-order valence-corrected chi connectivity index (χ4v) is 1.78. The predicted octanol–water partition coefficient (Wildman–Crippen LogP) is 0.656. The molecule has 0 bridgehead atoms. The highest BCUT2D eigenvalue weighted by Gasteiger charge is 2.27. The van der Waals surface area contributed by atoms with E-state index in [1.165, 1.54) is 0 Å². The molecule has 1 saturated carbocycles. The third kappa shape index (κ3) is 1.66. The van der Waals surface area contributed by atoms with Crippen molar-refractivity contribution in [3.05, 3.63) is 0 Å². The lowest BCUT2D eigenvalue weighted by molar-refractivity contribution is -0.00306. The van der Waals surface area contributed by atoms with Crippen molar-refractivity contribution in [1.82, 2.24) is 0 Å². The van der Waals surface area contributed by atoms with Crippen molar-refractivity contribution in [2.75, 3.05) is 0 Å². The van der Waals surface area contributed by atoms with Crippen molar-refractivity contribution in [1.29, 1.82) is 0 Å². The van der Waals surface area contributed by atoms with Crippen molar-refractivity contribution in [3.8, 4) is 0 Å². The maximum Gasteiger partial charge on any atom is 0.0923 e. The molecule has 3 heteroatoms. The fourth-order valence-electron chi connectivity index (χ4n) is 1.10. The summed E-state index contributed by atoms with van der Waals surface area (Å²) in [5.74, 6) is 0. The topological polar surface area (TPSA) is 40.5 Å². The number of aliphatic hydroxyl groups excluding tert-OH is 2. The van der Waals surface area contributed by atoms with Crippen LogP contribution in [0, 0.1) is 0 Å². The Hall–Kier alpha value is 0.400. The van der Waals surface area contributed by atoms with Gasteiger partial charge in [-0.3, -0.25) is 0 Å². The van der Waals surface area contributed by atoms with E-state index >= 15 is 0 Å². The first-order valence-corrected chi connectivity index (χ1v) is 4.13. The molecule has 3 atom stereocenters. The van der Waals surface area contributed by atoms with E-state index in [9.17, 15) is 0 Å². The van der Waals surface area contributed by atoms with Gasteiger partial charge in [0.15, 0.2) is 0 Å². The quantitative estimate of drug-likeness (QED) is 0.557. The number of rotatable bonds is 0. The van der Waals surface area contributed by atoms with Gasteiger partial charge in [-0.15, -0.1) is 0 Å². The van der Waals surface area contributed by atoms with E-state index in [0.717, 1.165) is 19.3 Å². The summed E-state index contributed by atoms with van der Waals surface area (Å²) in [6.07, 6.45) is 1.65. The van der Waals surface area contributed by atoms with Crippen molar-refractivity contribution in [2.45, 2.75) is 36.3 Å². The average molecular weight is 195 g/mol. The van der Waals surface area contributed by atoms with Crippen LogP contribution in [0.3, 0.4) is 0 Å².